The van der Waals surface area contributed by atoms with E-state index in [1.54, 1.807) is 6.20 Å². The van der Waals surface area contributed by atoms with Crippen LogP contribution in [0.5, 0.6) is 0 Å². The van der Waals surface area contributed by atoms with Crippen molar-refractivity contribution in [2.24, 2.45) is 5.92 Å². The van der Waals surface area contributed by atoms with Crippen molar-refractivity contribution in [3.63, 3.8) is 0 Å². The third-order valence-electron chi connectivity index (χ3n) is 4.50. The summed E-state index contributed by atoms with van der Waals surface area (Å²) in [5.41, 5.74) is 1.52. The normalized spacial score (nSPS) is 18.1. The number of hydrogen-bond acceptors (Lipinski definition) is 7. The van der Waals surface area contributed by atoms with E-state index in [9.17, 15) is 5.11 Å². The summed E-state index contributed by atoms with van der Waals surface area (Å²) in [7, 11) is 0. The van der Waals surface area contributed by atoms with Gasteiger partial charge in [0.15, 0.2) is 0 Å². The summed E-state index contributed by atoms with van der Waals surface area (Å²) in [5.74, 6) is 1.46. The van der Waals surface area contributed by atoms with Gasteiger partial charge in [-0.3, -0.25) is 4.98 Å². The number of nitrogens with zero attached hydrogens (tertiary/aromatic N) is 3. The maximum absolute atomic E-state index is 9.60. The lowest BCUT2D eigenvalue weighted by atomic mass is 10.1. The van der Waals surface area contributed by atoms with E-state index in [4.69, 9.17) is 4.74 Å². The number of hydrogen-bond donors (Lipinski definition) is 3. The van der Waals surface area contributed by atoms with E-state index in [2.05, 4.69) is 25.6 Å². The second-order valence-electron chi connectivity index (χ2n) is 6.87. The average molecular weight is 357 g/mol. The molecule has 0 spiro atoms. The zero-order valence-electron chi connectivity index (χ0n) is 15.4. The summed E-state index contributed by atoms with van der Waals surface area (Å²) >= 11 is 0. The number of anilines is 2. The van der Waals surface area contributed by atoms with Gasteiger partial charge in [-0.15, -0.1) is 0 Å². The molecule has 1 aliphatic rings. The molecule has 2 aromatic rings. The number of aromatic nitrogens is 3. The smallest absolute Gasteiger partial charge is 0.225 e. The van der Waals surface area contributed by atoms with Gasteiger partial charge in [0, 0.05) is 25.4 Å². The molecule has 0 saturated carbocycles. The molecule has 2 atom stereocenters. The minimum Gasteiger partial charge on any atom is -0.394 e. The second kappa shape index (κ2) is 8.91. The largest absolute Gasteiger partial charge is 0.394 e. The van der Waals surface area contributed by atoms with Gasteiger partial charge in [0.05, 0.1) is 30.1 Å². The van der Waals surface area contributed by atoms with Crippen LogP contribution in [0.25, 0.3) is 11.4 Å². The van der Waals surface area contributed by atoms with E-state index in [0.717, 1.165) is 36.7 Å². The highest BCUT2D eigenvalue weighted by Crippen LogP contribution is 2.21. The first-order valence-corrected chi connectivity index (χ1v) is 9.19. The Morgan fingerprint density at radius 2 is 2.15 bits per heavy atom. The van der Waals surface area contributed by atoms with Crippen LogP contribution in [-0.4, -0.2) is 52.0 Å². The number of aliphatic hydroxyl groups excluding tert-OH is 1. The molecule has 0 amide bonds. The fraction of sp³-hybridized carbons (Fsp3) is 0.526. The van der Waals surface area contributed by atoms with Crippen LogP contribution in [0.1, 0.15) is 26.7 Å². The molecule has 3 heterocycles. The molecule has 7 heteroatoms. The summed E-state index contributed by atoms with van der Waals surface area (Å²) in [6.07, 6.45) is 4.14. The van der Waals surface area contributed by atoms with Crippen LogP contribution < -0.4 is 10.6 Å². The SMILES string of the molecule is CC(C)[C@@H](CO)Nc1nc(NC[C@H]2CCCO2)cc(-c2ccccn2)n1. The monoisotopic (exact) mass is 357 g/mol. The van der Waals surface area contributed by atoms with Gasteiger partial charge in [0.2, 0.25) is 5.95 Å². The van der Waals surface area contributed by atoms with Crippen molar-refractivity contribution >= 4 is 11.8 Å². The molecule has 0 unspecified atom stereocenters. The van der Waals surface area contributed by atoms with Crippen molar-refractivity contribution in [3.8, 4) is 11.4 Å². The Morgan fingerprint density at radius 3 is 2.81 bits per heavy atom. The van der Waals surface area contributed by atoms with Crippen molar-refractivity contribution in [2.45, 2.75) is 38.8 Å². The van der Waals surface area contributed by atoms with Crippen LogP contribution >= 0.6 is 0 Å². The second-order valence-corrected chi connectivity index (χ2v) is 6.87. The molecule has 0 radical (unpaired) electrons. The topological polar surface area (TPSA) is 92.2 Å². The number of aliphatic hydroxyl groups is 1. The summed E-state index contributed by atoms with van der Waals surface area (Å²) < 4.78 is 5.67. The highest BCUT2D eigenvalue weighted by Gasteiger charge is 2.17. The van der Waals surface area contributed by atoms with Crippen LogP contribution in [0.2, 0.25) is 0 Å². The first kappa shape index (κ1) is 18.5. The van der Waals surface area contributed by atoms with Gasteiger partial charge in [-0.05, 0) is 30.9 Å². The minimum atomic E-state index is -0.111. The van der Waals surface area contributed by atoms with Gasteiger partial charge in [-0.2, -0.15) is 4.98 Å². The zero-order chi connectivity index (χ0) is 18.4. The fourth-order valence-corrected chi connectivity index (χ4v) is 2.86. The molecule has 26 heavy (non-hydrogen) atoms. The third-order valence-corrected chi connectivity index (χ3v) is 4.50. The Kier molecular flexibility index (Phi) is 6.35. The summed E-state index contributed by atoms with van der Waals surface area (Å²) in [4.78, 5) is 13.5. The van der Waals surface area contributed by atoms with Crippen LogP contribution in [0.3, 0.4) is 0 Å². The molecule has 0 aliphatic carbocycles. The van der Waals surface area contributed by atoms with E-state index < -0.39 is 0 Å². The lowest BCUT2D eigenvalue weighted by molar-refractivity contribution is 0.120. The molecule has 1 saturated heterocycles. The molecule has 7 nitrogen and oxygen atoms in total. The Bertz CT molecular complexity index is 690. The predicted octanol–water partition coefficient (Wildman–Crippen LogP) is 2.56. The van der Waals surface area contributed by atoms with Crippen molar-refractivity contribution in [2.75, 3.05) is 30.4 Å². The molecular weight excluding hydrogens is 330 g/mol. The molecule has 3 N–H and O–H groups in total. The van der Waals surface area contributed by atoms with Crippen molar-refractivity contribution in [1.82, 2.24) is 15.0 Å². The Hall–Kier alpha value is -2.25. The number of ether oxygens (including phenoxy) is 1. The lowest BCUT2D eigenvalue weighted by Crippen LogP contribution is -2.30. The van der Waals surface area contributed by atoms with E-state index in [1.807, 2.05) is 38.1 Å². The fourth-order valence-electron chi connectivity index (χ4n) is 2.86. The van der Waals surface area contributed by atoms with Gasteiger partial charge in [-0.1, -0.05) is 19.9 Å². The molecule has 3 rings (SSSR count). The standard InChI is InChI=1S/C19H27N5O2/c1-13(2)17(12-25)23-19-22-16(15-7-3-4-8-20-15)10-18(24-19)21-11-14-6-5-9-26-14/h3-4,7-8,10,13-14,17,25H,5-6,9,11-12H2,1-2H3,(H2,21,22,23,24)/t14-,17-/m1/s1. The Balaban J connectivity index is 1.83. The molecule has 1 fully saturated rings. The average Bonchev–Trinajstić information content (AvgIpc) is 3.18. The molecule has 2 aromatic heterocycles. The number of nitrogens with one attached hydrogen (secondary N) is 2. The molecule has 140 valence electrons. The van der Waals surface area contributed by atoms with Gasteiger partial charge in [0.1, 0.15) is 5.82 Å². The quantitative estimate of drug-likeness (QED) is 0.668. The van der Waals surface area contributed by atoms with Gasteiger partial charge in [-0.25, -0.2) is 4.98 Å². The first-order valence-electron chi connectivity index (χ1n) is 9.19. The minimum absolute atomic E-state index is 0.0213. The Morgan fingerprint density at radius 1 is 1.27 bits per heavy atom. The van der Waals surface area contributed by atoms with Crippen molar-refractivity contribution in [1.29, 1.82) is 0 Å². The number of pyridine rings is 1. The zero-order valence-corrected chi connectivity index (χ0v) is 15.4. The van der Waals surface area contributed by atoms with E-state index >= 15 is 0 Å². The first-order chi connectivity index (χ1) is 12.7. The van der Waals surface area contributed by atoms with Gasteiger partial charge < -0.3 is 20.5 Å². The van der Waals surface area contributed by atoms with E-state index in [-0.39, 0.29) is 24.7 Å². The summed E-state index contributed by atoms with van der Waals surface area (Å²) in [6, 6.07) is 7.51. The van der Waals surface area contributed by atoms with Crippen LogP contribution in [0, 0.1) is 5.92 Å². The van der Waals surface area contributed by atoms with Crippen molar-refractivity contribution in [3.05, 3.63) is 30.5 Å². The van der Waals surface area contributed by atoms with Crippen molar-refractivity contribution < 1.29 is 9.84 Å². The van der Waals surface area contributed by atoms with Crippen LogP contribution in [0.15, 0.2) is 30.5 Å². The maximum Gasteiger partial charge on any atom is 0.225 e. The predicted molar refractivity (Wildman–Crippen MR) is 102 cm³/mol. The Labute approximate surface area is 154 Å². The highest BCUT2D eigenvalue weighted by atomic mass is 16.5. The summed E-state index contributed by atoms with van der Waals surface area (Å²) in [6.45, 7) is 5.66. The summed E-state index contributed by atoms with van der Waals surface area (Å²) in [5, 5.41) is 16.2. The molecule has 1 aliphatic heterocycles. The molecule has 0 aromatic carbocycles. The lowest BCUT2D eigenvalue weighted by Gasteiger charge is -2.21. The van der Waals surface area contributed by atoms with E-state index in [0.29, 0.717) is 12.5 Å². The van der Waals surface area contributed by atoms with Gasteiger partial charge in [0.25, 0.3) is 0 Å². The number of rotatable bonds is 8. The van der Waals surface area contributed by atoms with Gasteiger partial charge >= 0.3 is 0 Å². The molecule has 0 bridgehead atoms. The van der Waals surface area contributed by atoms with E-state index in [1.165, 1.54) is 0 Å². The van der Waals surface area contributed by atoms with Crippen LogP contribution in [0.4, 0.5) is 11.8 Å². The highest BCUT2D eigenvalue weighted by molar-refractivity contribution is 5.61. The molecular formula is C19H27N5O2. The third kappa shape index (κ3) is 4.89. The maximum atomic E-state index is 9.60. The van der Waals surface area contributed by atoms with Crippen LogP contribution in [-0.2, 0) is 4.74 Å².